The number of piperidine rings is 1. The molecular formula is C18H24N4. The van der Waals surface area contributed by atoms with Crippen molar-refractivity contribution >= 4 is 5.95 Å². The van der Waals surface area contributed by atoms with E-state index < -0.39 is 0 Å². The first-order valence-corrected chi connectivity index (χ1v) is 8.17. The minimum atomic E-state index is 0.435. The second-order valence-corrected chi connectivity index (χ2v) is 5.97. The van der Waals surface area contributed by atoms with Gasteiger partial charge in [0.1, 0.15) is 0 Å². The van der Waals surface area contributed by atoms with Gasteiger partial charge < -0.3 is 5.32 Å². The Labute approximate surface area is 132 Å². The Morgan fingerprint density at radius 3 is 2.64 bits per heavy atom. The second-order valence-electron chi connectivity index (χ2n) is 5.97. The monoisotopic (exact) mass is 296 g/mol. The molecule has 1 aromatic carbocycles. The molecule has 1 aromatic heterocycles. The molecule has 1 atom stereocenters. The van der Waals surface area contributed by atoms with E-state index in [1.165, 1.54) is 30.5 Å². The predicted octanol–water partition coefficient (Wildman–Crippen LogP) is 3.12. The lowest BCUT2D eigenvalue weighted by atomic mass is 10.0. The van der Waals surface area contributed by atoms with E-state index in [2.05, 4.69) is 57.4 Å². The van der Waals surface area contributed by atoms with Gasteiger partial charge in [-0.3, -0.25) is 4.90 Å². The second kappa shape index (κ2) is 7.36. The highest BCUT2D eigenvalue weighted by Crippen LogP contribution is 2.16. The van der Waals surface area contributed by atoms with Gasteiger partial charge in [0.15, 0.2) is 0 Å². The first-order valence-electron chi connectivity index (χ1n) is 8.17. The fourth-order valence-corrected chi connectivity index (χ4v) is 2.95. The summed E-state index contributed by atoms with van der Waals surface area (Å²) in [6.45, 7) is 5.36. The van der Waals surface area contributed by atoms with Crippen LogP contribution in [0.15, 0.2) is 42.7 Å². The third-order valence-electron chi connectivity index (χ3n) is 4.20. The van der Waals surface area contributed by atoms with E-state index >= 15 is 0 Å². The lowest BCUT2D eigenvalue weighted by molar-refractivity contribution is 0.208. The number of aryl methyl sites for hydroxylation is 1. The van der Waals surface area contributed by atoms with E-state index in [1.54, 1.807) is 0 Å². The third-order valence-corrected chi connectivity index (χ3v) is 4.20. The fourth-order valence-electron chi connectivity index (χ4n) is 2.95. The first kappa shape index (κ1) is 15.0. The van der Waals surface area contributed by atoms with Gasteiger partial charge in [-0.15, -0.1) is 0 Å². The molecule has 0 radical (unpaired) electrons. The first-order chi connectivity index (χ1) is 10.8. The maximum absolute atomic E-state index is 4.41. The van der Waals surface area contributed by atoms with Gasteiger partial charge in [-0.1, -0.05) is 37.3 Å². The van der Waals surface area contributed by atoms with Crippen molar-refractivity contribution in [1.29, 1.82) is 0 Å². The van der Waals surface area contributed by atoms with Crippen molar-refractivity contribution in [3.8, 4) is 0 Å². The molecule has 1 saturated heterocycles. The standard InChI is InChI=1S/C18H24N4/c1-2-15-11-19-18(20-12-15)21-17-9-6-10-22(14-17)13-16-7-4-3-5-8-16/h3-5,7-8,11-12,17H,2,6,9-10,13-14H2,1H3,(H,19,20,21)/t17-/m0/s1. The quantitative estimate of drug-likeness (QED) is 0.920. The lowest BCUT2D eigenvalue weighted by Crippen LogP contribution is -2.41. The van der Waals surface area contributed by atoms with Gasteiger partial charge >= 0.3 is 0 Å². The number of aromatic nitrogens is 2. The number of nitrogens with zero attached hydrogens (tertiary/aromatic N) is 3. The van der Waals surface area contributed by atoms with Crippen LogP contribution in [0.2, 0.25) is 0 Å². The molecule has 0 saturated carbocycles. The molecule has 4 nitrogen and oxygen atoms in total. The number of anilines is 1. The van der Waals surface area contributed by atoms with Crippen molar-refractivity contribution in [1.82, 2.24) is 14.9 Å². The zero-order valence-electron chi connectivity index (χ0n) is 13.2. The summed E-state index contributed by atoms with van der Waals surface area (Å²) >= 11 is 0. The molecule has 0 spiro atoms. The van der Waals surface area contributed by atoms with Crippen LogP contribution in [0.25, 0.3) is 0 Å². The summed E-state index contributed by atoms with van der Waals surface area (Å²) in [6, 6.07) is 11.1. The average Bonchev–Trinajstić information content (AvgIpc) is 2.57. The van der Waals surface area contributed by atoms with E-state index in [0.717, 1.165) is 25.5 Å². The van der Waals surface area contributed by atoms with Crippen LogP contribution in [0.1, 0.15) is 30.9 Å². The highest BCUT2D eigenvalue weighted by Gasteiger charge is 2.20. The van der Waals surface area contributed by atoms with Gasteiger partial charge in [0.25, 0.3) is 0 Å². The van der Waals surface area contributed by atoms with Gasteiger partial charge in [-0.2, -0.15) is 0 Å². The van der Waals surface area contributed by atoms with E-state index in [9.17, 15) is 0 Å². The fraction of sp³-hybridized carbons (Fsp3) is 0.444. The molecule has 0 amide bonds. The molecule has 1 aliphatic rings. The van der Waals surface area contributed by atoms with Gasteiger partial charge in [-0.05, 0) is 36.9 Å². The van der Waals surface area contributed by atoms with Gasteiger partial charge in [0, 0.05) is 31.5 Å². The van der Waals surface area contributed by atoms with Crippen LogP contribution in [0.4, 0.5) is 5.95 Å². The molecule has 4 heteroatoms. The van der Waals surface area contributed by atoms with Crippen molar-refractivity contribution in [2.75, 3.05) is 18.4 Å². The van der Waals surface area contributed by atoms with Crippen LogP contribution >= 0.6 is 0 Å². The lowest BCUT2D eigenvalue weighted by Gasteiger charge is -2.33. The molecule has 0 bridgehead atoms. The Bertz CT molecular complexity index is 567. The predicted molar refractivity (Wildman–Crippen MR) is 89.8 cm³/mol. The molecule has 0 unspecified atom stereocenters. The van der Waals surface area contributed by atoms with Crippen molar-refractivity contribution in [2.45, 2.75) is 38.8 Å². The van der Waals surface area contributed by atoms with E-state index in [0.29, 0.717) is 6.04 Å². The molecule has 116 valence electrons. The molecule has 3 rings (SSSR count). The number of benzene rings is 1. The summed E-state index contributed by atoms with van der Waals surface area (Å²) in [5.74, 6) is 0.753. The highest BCUT2D eigenvalue weighted by molar-refractivity contribution is 5.27. The smallest absolute Gasteiger partial charge is 0.222 e. The maximum Gasteiger partial charge on any atom is 0.222 e. The Kier molecular flexibility index (Phi) is 5.01. The summed E-state index contributed by atoms with van der Waals surface area (Å²) in [5.41, 5.74) is 2.56. The topological polar surface area (TPSA) is 41.1 Å². The summed E-state index contributed by atoms with van der Waals surface area (Å²) in [4.78, 5) is 11.3. The summed E-state index contributed by atoms with van der Waals surface area (Å²) in [6.07, 6.45) is 7.22. The third kappa shape index (κ3) is 4.04. The van der Waals surface area contributed by atoms with Crippen LogP contribution in [0, 0.1) is 0 Å². The van der Waals surface area contributed by atoms with Crippen LogP contribution in [0.5, 0.6) is 0 Å². The zero-order valence-corrected chi connectivity index (χ0v) is 13.2. The molecule has 1 aliphatic heterocycles. The minimum Gasteiger partial charge on any atom is -0.350 e. The Hall–Kier alpha value is -1.94. The van der Waals surface area contributed by atoms with E-state index in [1.807, 2.05) is 12.4 Å². The number of hydrogen-bond donors (Lipinski definition) is 1. The average molecular weight is 296 g/mol. The molecular weight excluding hydrogens is 272 g/mol. The summed E-state index contributed by atoms with van der Waals surface area (Å²) in [5, 5.41) is 3.48. The SMILES string of the molecule is CCc1cnc(N[C@H]2CCCN(Cc3ccccc3)C2)nc1. The Morgan fingerprint density at radius 1 is 1.14 bits per heavy atom. The van der Waals surface area contributed by atoms with Crippen LogP contribution in [-0.2, 0) is 13.0 Å². The Balaban J connectivity index is 1.55. The van der Waals surface area contributed by atoms with Crippen molar-refractivity contribution in [3.63, 3.8) is 0 Å². The number of likely N-dealkylation sites (tertiary alicyclic amines) is 1. The van der Waals surface area contributed by atoms with Crippen molar-refractivity contribution in [3.05, 3.63) is 53.9 Å². The minimum absolute atomic E-state index is 0.435. The van der Waals surface area contributed by atoms with Gasteiger partial charge in [0.05, 0.1) is 0 Å². The zero-order chi connectivity index (χ0) is 15.2. The number of nitrogens with one attached hydrogen (secondary N) is 1. The maximum atomic E-state index is 4.41. The summed E-state index contributed by atoms with van der Waals surface area (Å²) in [7, 11) is 0. The van der Waals surface area contributed by atoms with Crippen LogP contribution < -0.4 is 5.32 Å². The van der Waals surface area contributed by atoms with Gasteiger partial charge in [0.2, 0.25) is 5.95 Å². The Morgan fingerprint density at radius 2 is 1.91 bits per heavy atom. The summed E-state index contributed by atoms with van der Waals surface area (Å²) < 4.78 is 0. The molecule has 1 N–H and O–H groups in total. The van der Waals surface area contributed by atoms with Crippen LogP contribution in [0.3, 0.4) is 0 Å². The molecule has 0 aliphatic carbocycles. The molecule has 22 heavy (non-hydrogen) atoms. The van der Waals surface area contributed by atoms with Gasteiger partial charge in [-0.25, -0.2) is 9.97 Å². The number of hydrogen-bond acceptors (Lipinski definition) is 4. The van der Waals surface area contributed by atoms with Crippen molar-refractivity contribution < 1.29 is 0 Å². The van der Waals surface area contributed by atoms with Crippen LogP contribution in [-0.4, -0.2) is 34.0 Å². The normalized spacial score (nSPS) is 19.0. The highest BCUT2D eigenvalue weighted by atomic mass is 15.2. The molecule has 2 aromatic rings. The number of rotatable bonds is 5. The largest absolute Gasteiger partial charge is 0.350 e. The van der Waals surface area contributed by atoms with E-state index in [-0.39, 0.29) is 0 Å². The molecule has 2 heterocycles. The van der Waals surface area contributed by atoms with E-state index in [4.69, 9.17) is 0 Å². The van der Waals surface area contributed by atoms with Crippen molar-refractivity contribution in [2.24, 2.45) is 0 Å². The molecule has 1 fully saturated rings.